The van der Waals surface area contributed by atoms with Crippen LogP contribution in [0.3, 0.4) is 0 Å². The highest BCUT2D eigenvalue weighted by atomic mass is 16.6. The molecular formula is C25H25NO4. The highest BCUT2D eigenvalue weighted by molar-refractivity contribution is 5.97. The van der Waals surface area contributed by atoms with Crippen LogP contribution in [-0.4, -0.2) is 25.2 Å². The molecule has 1 N–H and O–H groups in total. The minimum atomic E-state index is -0.750. The number of amides is 2. The summed E-state index contributed by atoms with van der Waals surface area (Å²) in [4.78, 5) is 24.9. The standard InChI is InChI=1S/C25H25NO4/c27-24(23(21-13-6-2-7-14-21)22-15-8-3-9-16-22)26-25(28)30-18-10-17-29-19-20-11-4-1-5-12-20/h1-9,11-16,23H,10,17-19H2,(H,26,27,28). The fourth-order valence-electron chi connectivity index (χ4n) is 3.09. The maximum absolute atomic E-state index is 12.8. The second-order valence-electron chi connectivity index (χ2n) is 6.77. The Labute approximate surface area is 176 Å². The Morgan fingerprint density at radius 3 is 1.83 bits per heavy atom. The summed E-state index contributed by atoms with van der Waals surface area (Å²) < 4.78 is 10.7. The summed E-state index contributed by atoms with van der Waals surface area (Å²) >= 11 is 0. The van der Waals surface area contributed by atoms with Crippen molar-refractivity contribution in [1.29, 1.82) is 0 Å². The molecule has 5 heteroatoms. The first-order chi connectivity index (χ1) is 14.7. The van der Waals surface area contributed by atoms with E-state index in [1.165, 1.54) is 0 Å². The molecule has 3 rings (SSSR count). The van der Waals surface area contributed by atoms with Gasteiger partial charge in [0.1, 0.15) is 0 Å². The van der Waals surface area contributed by atoms with Crippen molar-refractivity contribution in [3.63, 3.8) is 0 Å². The monoisotopic (exact) mass is 403 g/mol. The minimum absolute atomic E-state index is 0.176. The highest BCUT2D eigenvalue weighted by Gasteiger charge is 2.24. The van der Waals surface area contributed by atoms with Crippen LogP contribution in [0.25, 0.3) is 0 Å². The molecule has 0 aromatic heterocycles. The van der Waals surface area contributed by atoms with E-state index in [-0.39, 0.29) is 6.61 Å². The van der Waals surface area contributed by atoms with Crippen LogP contribution in [0, 0.1) is 0 Å². The Hall–Kier alpha value is -3.44. The third-order valence-corrected chi connectivity index (χ3v) is 4.53. The van der Waals surface area contributed by atoms with Gasteiger partial charge in [0, 0.05) is 6.42 Å². The summed E-state index contributed by atoms with van der Waals surface area (Å²) in [5, 5.41) is 2.35. The molecule has 3 aromatic carbocycles. The van der Waals surface area contributed by atoms with Crippen LogP contribution in [-0.2, 0) is 20.9 Å². The zero-order chi connectivity index (χ0) is 21.0. The SMILES string of the molecule is O=C(NC(=O)C(c1ccccc1)c1ccccc1)OCCCOCc1ccccc1. The smallest absolute Gasteiger partial charge is 0.413 e. The highest BCUT2D eigenvalue weighted by Crippen LogP contribution is 2.24. The molecule has 0 aliphatic heterocycles. The first kappa shape index (κ1) is 21.3. The lowest BCUT2D eigenvalue weighted by Crippen LogP contribution is -2.35. The lowest BCUT2D eigenvalue weighted by atomic mass is 9.90. The Bertz CT molecular complexity index is 874. The molecule has 0 aliphatic rings. The molecule has 3 aromatic rings. The fraction of sp³-hybridized carbons (Fsp3) is 0.200. The van der Waals surface area contributed by atoms with Crippen LogP contribution in [0.4, 0.5) is 4.79 Å². The number of imide groups is 1. The number of hydrogen-bond donors (Lipinski definition) is 1. The average molecular weight is 403 g/mol. The van der Waals surface area contributed by atoms with Gasteiger partial charge in [-0.2, -0.15) is 0 Å². The van der Waals surface area contributed by atoms with Gasteiger partial charge in [-0.15, -0.1) is 0 Å². The van der Waals surface area contributed by atoms with E-state index in [0.717, 1.165) is 16.7 Å². The van der Waals surface area contributed by atoms with Crippen LogP contribution in [0.5, 0.6) is 0 Å². The number of ether oxygens (including phenoxy) is 2. The molecule has 154 valence electrons. The molecular weight excluding hydrogens is 378 g/mol. The van der Waals surface area contributed by atoms with Crippen molar-refractivity contribution in [2.75, 3.05) is 13.2 Å². The number of alkyl carbamates (subject to hydrolysis) is 1. The summed E-state index contributed by atoms with van der Waals surface area (Å²) in [6, 6.07) is 28.6. The van der Waals surface area contributed by atoms with E-state index < -0.39 is 17.9 Å². The molecule has 0 unspecified atom stereocenters. The van der Waals surface area contributed by atoms with Crippen molar-refractivity contribution in [2.24, 2.45) is 0 Å². The third kappa shape index (κ3) is 6.57. The first-order valence-corrected chi connectivity index (χ1v) is 9.93. The van der Waals surface area contributed by atoms with Crippen LogP contribution in [0.1, 0.15) is 29.0 Å². The van der Waals surface area contributed by atoms with E-state index in [1.807, 2.05) is 91.0 Å². The molecule has 0 fully saturated rings. The van der Waals surface area contributed by atoms with Gasteiger partial charge in [0.25, 0.3) is 0 Å². The lowest BCUT2D eigenvalue weighted by Gasteiger charge is -2.17. The zero-order valence-electron chi connectivity index (χ0n) is 16.7. The van der Waals surface area contributed by atoms with Gasteiger partial charge in [0.2, 0.25) is 5.91 Å². The summed E-state index contributed by atoms with van der Waals surface area (Å²) in [5.74, 6) is -1.01. The molecule has 0 radical (unpaired) electrons. The normalized spacial score (nSPS) is 10.6. The second kappa shape index (κ2) is 11.5. The van der Waals surface area contributed by atoms with Gasteiger partial charge in [-0.25, -0.2) is 4.79 Å². The molecule has 0 saturated carbocycles. The van der Waals surface area contributed by atoms with Gasteiger partial charge in [-0.3, -0.25) is 10.1 Å². The molecule has 2 amide bonds. The van der Waals surface area contributed by atoms with Crippen molar-refractivity contribution in [1.82, 2.24) is 5.32 Å². The predicted molar refractivity (Wildman–Crippen MR) is 115 cm³/mol. The van der Waals surface area contributed by atoms with E-state index in [0.29, 0.717) is 19.6 Å². The minimum Gasteiger partial charge on any atom is -0.449 e. The number of nitrogens with one attached hydrogen (secondary N) is 1. The van der Waals surface area contributed by atoms with E-state index in [2.05, 4.69) is 5.32 Å². The fourth-order valence-corrected chi connectivity index (χ4v) is 3.09. The molecule has 0 heterocycles. The predicted octanol–water partition coefficient (Wildman–Crippen LogP) is 4.68. The van der Waals surface area contributed by atoms with Crippen LogP contribution in [0.15, 0.2) is 91.0 Å². The van der Waals surface area contributed by atoms with Gasteiger partial charge < -0.3 is 9.47 Å². The van der Waals surface area contributed by atoms with E-state index >= 15 is 0 Å². The number of carbonyl (C=O) groups is 2. The van der Waals surface area contributed by atoms with Gasteiger partial charge in [-0.05, 0) is 16.7 Å². The largest absolute Gasteiger partial charge is 0.449 e. The molecule has 0 atom stereocenters. The van der Waals surface area contributed by atoms with Crippen molar-refractivity contribution >= 4 is 12.0 Å². The van der Waals surface area contributed by atoms with Crippen molar-refractivity contribution < 1.29 is 19.1 Å². The number of benzene rings is 3. The summed E-state index contributed by atoms with van der Waals surface area (Å²) in [6.07, 6.45) is -0.199. The van der Waals surface area contributed by atoms with Crippen LogP contribution < -0.4 is 5.32 Å². The first-order valence-electron chi connectivity index (χ1n) is 9.93. The molecule has 5 nitrogen and oxygen atoms in total. The zero-order valence-corrected chi connectivity index (χ0v) is 16.7. The lowest BCUT2D eigenvalue weighted by molar-refractivity contribution is -0.121. The Morgan fingerprint density at radius 1 is 0.733 bits per heavy atom. The Balaban J connectivity index is 1.45. The van der Waals surface area contributed by atoms with E-state index in [1.54, 1.807) is 0 Å². The van der Waals surface area contributed by atoms with Gasteiger partial charge in [0.15, 0.2) is 0 Å². The van der Waals surface area contributed by atoms with Gasteiger partial charge in [0.05, 0.1) is 25.7 Å². The quantitative estimate of drug-likeness (QED) is 0.527. The molecule has 0 aliphatic carbocycles. The Kier molecular flexibility index (Phi) is 8.18. The molecule has 30 heavy (non-hydrogen) atoms. The van der Waals surface area contributed by atoms with E-state index in [4.69, 9.17) is 9.47 Å². The van der Waals surface area contributed by atoms with Crippen LogP contribution >= 0.6 is 0 Å². The molecule has 0 spiro atoms. The van der Waals surface area contributed by atoms with Crippen molar-refractivity contribution in [3.8, 4) is 0 Å². The van der Waals surface area contributed by atoms with Gasteiger partial charge >= 0.3 is 6.09 Å². The third-order valence-electron chi connectivity index (χ3n) is 4.53. The molecule has 0 bridgehead atoms. The summed E-state index contributed by atoms with van der Waals surface area (Å²) in [7, 11) is 0. The summed E-state index contributed by atoms with van der Waals surface area (Å²) in [5.41, 5.74) is 2.71. The maximum Gasteiger partial charge on any atom is 0.413 e. The Morgan fingerprint density at radius 2 is 1.27 bits per heavy atom. The summed E-state index contributed by atoms with van der Waals surface area (Å²) in [6.45, 7) is 1.16. The average Bonchev–Trinajstić information content (AvgIpc) is 2.78. The number of rotatable bonds is 9. The maximum atomic E-state index is 12.8. The van der Waals surface area contributed by atoms with E-state index in [9.17, 15) is 9.59 Å². The van der Waals surface area contributed by atoms with Crippen LogP contribution in [0.2, 0.25) is 0 Å². The van der Waals surface area contributed by atoms with Gasteiger partial charge in [-0.1, -0.05) is 91.0 Å². The topological polar surface area (TPSA) is 64.6 Å². The molecule has 0 saturated heterocycles. The number of hydrogen-bond acceptors (Lipinski definition) is 4. The second-order valence-corrected chi connectivity index (χ2v) is 6.77. The van der Waals surface area contributed by atoms with Crippen molar-refractivity contribution in [3.05, 3.63) is 108 Å². The van der Waals surface area contributed by atoms with Crippen molar-refractivity contribution in [2.45, 2.75) is 18.9 Å². The number of carbonyl (C=O) groups excluding carboxylic acids is 2.